The predicted molar refractivity (Wildman–Crippen MR) is 77.4 cm³/mol. The fourth-order valence-corrected chi connectivity index (χ4v) is 1.81. The molecule has 1 aromatic carbocycles. The Hall–Kier alpha value is -2.25. The molecule has 0 spiro atoms. The minimum absolute atomic E-state index is 0.211. The molecule has 0 radical (unpaired) electrons. The zero-order valence-corrected chi connectivity index (χ0v) is 11.8. The summed E-state index contributed by atoms with van der Waals surface area (Å²) in [6.45, 7) is 0.597. The molecule has 21 heavy (non-hydrogen) atoms. The number of carbonyl (C=O) groups excluding carboxylic acids is 1. The molecule has 0 saturated carbocycles. The van der Waals surface area contributed by atoms with Gasteiger partial charge in [0.2, 0.25) is 18.2 Å². The summed E-state index contributed by atoms with van der Waals surface area (Å²) in [5, 5.41) is 10.2. The Morgan fingerprint density at radius 3 is 2.81 bits per heavy atom. The minimum atomic E-state index is -0.546. The Morgan fingerprint density at radius 2 is 2.19 bits per heavy atom. The number of nitrogens with zero attached hydrogens (tertiary/aromatic N) is 2. The lowest BCUT2D eigenvalue weighted by Crippen LogP contribution is -2.35. The van der Waals surface area contributed by atoms with Gasteiger partial charge >= 0.3 is 0 Å². The Balaban J connectivity index is 1.89. The second-order valence-electron chi connectivity index (χ2n) is 4.55. The molecular weight excluding hydrogens is 272 g/mol. The molecule has 1 atom stereocenters. The second kappa shape index (κ2) is 7.51. The van der Waals surface area contributed by atoms with Crippen molar-refractivity contribution < 1.29 is 13.9 Å². The third-order valence-electron chi connectivity index (χ3n) is 2.96. The zero-order chi connectivity index (χ0) is 15.1. The molecule has 1 heterocycles. The largest absolute Gasteiger partial charge is 0.423 e. The summed E-state index contributed by atoms with van der Waals surface area (Å²) in [6, 6.07) is 6.56. The lowest BCUT2D eigenvalue weighted by molar-refractivity contribution is -0.117. The first-order valence-corrected chi connectivity index (χ1v) is 6.62. The van der Waals surface area contributed by atoms with Crippen LogP contribution in [-0.4, -0.2) is 35.9 Å². The van der Waals surface area contributed by atoms with Gasteiger partial charge < -0.3 is 20.2 Å². The number of hydrogen-bond donors (Lipinski definition) is 2. The van der Waals surface area contributed by atoms with E-state index in [4.69, 9.17) is 14.9 Å². The van der Waals surface area contributed by atoms with E-state index >= 15 is 0 Å². The molecule has 2 rings (SSSR count). The van der Waals surface area contributed by atoms with Gasteiger partial charge in [-0.2, -0.15) is 0 Å². The summed E-state index contributed by atoms with van der Waals surface area (Å²) >= 11 is 0. The van der Waals surface area contributed by atoms with Crippen molar-refractivity contribution in [2.45, 2.75) is 18.9 Å². The zero-order valence-electron chi connectivity index (χ0n) is 11.8. The predicted octanol–water partition coefficient (Wildman–Crippen LogP) is 1.43. The SMILES string of the molecule is COCCCC(N)C(=O)Nc1ccc(-c2nnco2)cc1. The van der Waals surface area contributed by atoms with Crippen molar-refractivity contribution in [3.8, 4) is 11.5 Å². The fourth-order valence-electron chi connectivity index (χ4n) is 1.81. The number of carbonyl (C=O) groups is 1. The number of benzene rings is 1. The molecular formula is C14H18N4O3. The van der Waals surface area contributed by atoms with Crippen LogP contribution in [0, 0.1) is 0 Å². The van der Waals surface area contributed by atoms with E-state index in [2.05, 4.69) is 15.5 Å². The van der Waals surface area contributed by atoms with Gasteiger partial charge in [-0.1, -0.05) is 0 Å². The number of aromatic nitrogens is 2. The van der Waals surface area contributed by atoms with Crippen LogP contribution in [0.5, 0.6) is 0 Å². The maximum absolute atomic E-state index is 11.9. The second-order valence-corrected chi connectivity index (χ2v) is 4.55. The van der Waals surface area contributed by atoms with Crippen molar-refractivity contribution in [1.29, 1.82) is 0 Å². The summed E-state index contributed by atoms with van der Waals surface area (Å²) in [5.41, 5.74) is 7.27. The number of nitrogens with two attached hydrogens (primary N) is 1. The van der Waals surface area contributed by atoms with Gasteiger partial charge in [0, 0.05) is 25.0 Å². The first-order chi connectivity index (χ1) is 10.2. The van der Waals surface area contributed by atoms with Gasteiger partial charge in [0.05, 0.1) is 6.04 Å². The smallest absolute Gasteiger partial charge is 0.247 e. The Kier molecular flexibility index (Phi) is 5.42. The highest BCUT2D eigenvalue weighted by Gasteiger charge is 2.13. The maximum Gasteiger partial charge on any atom is 0.247 e. The molecule has 1 unspecified atom stereocenters. The minimum Gasteiger partial charge on any atom is -0.423 e. The number of amides is 1. The van der Waals surface area contributed by atoms with Crippen molar-refractivity contribution >= 4 is 11.6 Å². The van der Waals surface area contributed by atoms with Gasteiger partial charge in [0.1, 0.15) is 0 Å². The van der Waals surface area contributed by atoms with E-state index in [1.165, 1.54) is 6.39 Å². The van der Waals surface area contributed by atoms with E-state index in [9.17, 15) is 4.79 Å². The van der Waals surface area contributed by atoms with Crippen LogP contribution in [-0.2, 0) is 9.53 Å². The number of anilines is 1. The normalized spacial score (nSPS) is 12.1. The maximum atomic E-state index is 11.9. The molecule has 0 aliphatic rings. The molecule has 0 aliphatic heterocycles. The molecule has 7 nitrogen and oxygen atoms in total. The van der Waals surface area contributed by atoms with Crippen LogP contribution in [0.3, 0.4) is 0 Å². The monoisotopic (exact) mass is 290 g/mol. The topological polar surface area (TPSA) is 103 Å². The lowest BCUT2D eigenvalue weighted by Gasteiger charge is -2.12. The molecule has 2 aromatic rings. The average Bonchev–Trinajstić information content (AvgIpc) is 3.02. The van der Waals surface area contributed by atoms with Crippen LogP contribution in [0.2, 0.25) is 0 Å². The average molecular weight is 290 g/mol. The van der Waals surface area contributed by atoms with Crippen LogP contribution in [0.4, 0.5) is 5.69 Å². The number of methoxy groups -OCH3 is 1. The van der Waals surface area contributed by atoms with Gasteiger partial charge in [-0.25, -0.2) is 0 Å². The van der Waals surface area contributed by atoms with Crippen LogP contribution >= 0.6 is 0 Å². The first kappa shape index (κ1) is 15.1. The van der Waals surface area contributed by atoms with Crippen LogP contribution < -0.4 is 11.1 Å². The highest BCUT2D eigenvalue weighted by Crippen LogP contribution is 2.19. The van der Waals surface area contributed by atoms with Crippen molar-refractivity contribution in [2.24, 2.45) is 5.73 Å². The quantitative estimate of drug-likeness (QED) is 0.748. The van der Waals surface area contributed by atoms with Gasteiger partial charge in [0.25, 0.3) is 0 Å². The third-order valence-corrected chi connectivity index (χ3v) is 2.96. The fraction of sp³-hybridized carbons (Fsp3) is 0.357. The summed E-state index contributed by atoms with van der Waals surface area (Å²) < 4.78 is 10.0. The van der Waals surface area contributed by atoms with Gasteiger partial charge in [-0.3, -0.25) is 4.79 Å². The van der Waals surface area contributed by atoms with E-state index < -0.39 is 6.04 Å². The molecule has 0 bridgehead atoms. The summed E-state index contributed by atoms with van der Waals surface area (Å²) in [6.07, 6.45) is 2.60. The van der Waals surface area contributed by atoms with Crippen LogP contribution in [0.1, 0.15) is 12.8 Å². The molecule has 1 amide bonds. The Labute approximate surface area is 122 Å². The number of rotatable bonds is 7. The van der Waals surface area contributed by atoms with Crippen molar-refractivity contribution in [3.63, 3.8) is 0 Å². The molecule has 3 N–H and O–H groups in total. The Bertz CT molecular complexity index is 554. The summed E-state index contributed by atoms with van der Waals surface area (Å²) in [4.78, 5) is 11.9. The van der Waals surface area contributed by atoms with E-state index in [0.29, 0.717) is 24.6 Å². The van der Waals surface area contributed by atoms with Gasteiger partial charge in [-0.05, 0) is 37.1 Å². The van der Waals surface area contributed by atoms with Gasteiger partial charge in [0.15, 0.2) is 0 Å². The number of ether oxygens (including phenoxy) is 1. The molecule has 1 aromatic heterocycles. The lowest BCUT2D eigenvalue weighted by atomic mass is 10.1. The molecule has 0 fully saturated rings. The molecule has 112 valence electrons. The van der Waals surface area contributed by atoms with Gasteiger partial charge in [-0.15, -0.1) is 10.2 Å². The number of hydrogen-bond acceptors (Lipinski definition) is 6. The standard InChI is InChI=1S/C14H18N4O3/c1-20-8-2-3-12(15)13(19)17-11-6-4-10(5-7-11)14-18-16-9-21-14/h4-7,9,12H,2-3,8,15H2,1H3,(H,17,19). The molecule has 0 saturated heterocycles. The van der Waals surface area contributed by atoms with E-state index in [1.807, 2.05) is 0 Å². The van der Waals surface area contributed by atoms with E-state index in [0.717, 1.165) is 12.0 Å². The Morgan fingerprint density at radius 1 is 1.43 bits per heavy atom. The highest BCUT2D eigenvalue weighted by atomic mass is 16.5. The molecule has 0 aliphatic carbocycles. The van der Waals surface area contributed by atoms with Crippen LogP contribution in [0.15, 0.2) is 35.1 Å². The van der Waals surface area contributed by atoms with Crippen molar-refractivity contribution in [2.75, 3.05) is 19.0 Å². The van der Waals surface area contributed by atoms with E-state index in [-0.39, 0.29) is 5.91 Å². The summed E-state index contributed by atoms with van der Waals surface area (Å²) in [7, 11) is 1.62. The third kappa shape index (κ3) is 4.37. The van der Waals surface area contributed by atoms with Crippen molar-refractivity contribution in [1.82, 2.24) is 10.2 Å². The number of nitrogens with one attached hydrogen (secondary N) is 1. The highest BCUT2D eigenvalue weighted by molar-refractivity contribution is 5.94. The van der Waals surface area contributed by atoms with Crippen molar-refractivity contribution in [3.05, 3.63) is 30.7 Å². The first-order valence-electron chi connectivity index (χ1n) is 6.62. The van der Waals surface area contributed by atoms with Crippen LogP contribution in [0.25, 0.3) is 11.5 Å². The summed E-state index contributed by atoms with van der Waals surface area (Å²) in [5.74, 6) is 0.223. The molecule has 7 heteroatoms. The van der Waals surface area contributed by atoms with E-state index in [1.54, 1.807) is 31.4 Å².